The molecule has 0 fully saturated rings. The number of hydrogen-bond donors (Lipinski definition) is 5. The van der Waals surface area contributed by atoms with Gasteiger partial charge in [-0.1, -0.05) is 5.11 Å². The minimum atomic E-state index is -1.87. The van der Waals surface area contributed by atoms with Gasteiger partial charge in [0.15, 0.2) is 6.10 Å². The molecule has 0 radical (unpaired) electrons. The maximum absolute atomic E-state index is 10.9. The van der Waals surface area contributed by atoms with E-state index in [0.717, 1.165) is 0 Å². The van der Waals surface area contributed by atoms with Crippen molar-refractivity contribution in [2.24, 2.45) is 5.11 Å². The van der Waals surface area contributed by atoms with Crippen LogP contribution in [0.2, 0.25) is 0 Å². The zero-order valence-electron chi connectivity index (χ0n) is 8.56. The van der Waals surface area contributed by atoms with Gasteiger partial charge >= 0.3 is 0 Å². The van der Waals surface area contributed by atoms with Crippen LogP contribution in [0.25, 0.3) is 10.4 Å². The van der Waals surface area contributed by atoms with Crippen molar-refractivity contribution in [1.29, 1.82) is 0 Å². The van der Waals surface area contributed by atoms with Crippen LogP contribution >= 0.6 is 0 Å². The van der Waals surface area contributed by atoms with E-state index in [1.54, 1.807) is 0 Å². The fraction of sp³-hybridized carbons (Fsp3) is 0.857. The molecule has 9 heteroatoms. The van der Waals surface area contributed by atoms with Gasteiger partial charge in [-0.2, -0.15) is 0 Å². The van der Waals surface area contributed by atoms with E-state index in [1.165, 1.54) is 7.05 Å². The van der Waals surface area contributed by atoms with Crippen LogP contribution in [0.1, 0.15) is 0 Å². The van der Waals surface area contributed by atoms with Gasteiger partial charge in [-0.25, -0.2) is 0 Å². The lowest BCUT2D eigenvalue weighted by Gasteiger charge is -2.24. The Labute approximate surface area is 91.0 Å². The monoisotopic (exact) mass is 234 g/mol. The quantitative estimate of drug-likeness (QED) is 0.194. The molecule has 0 aromatic rings. The maximum Gasteiger partial charge on any atom is 0.251 e. The van der Waals surface area contributed by atoms with E-state index in [9.17, 15) is 25.2 Å². The highest BCUT2D eigenvalue weighted by atomic mass is 16.4. The van der Waals surface area contributed by atoms with Crippen molar-refractivity contribution in [3.8, 4) is 0 Å². The molecule has 1 amide bonds. The summed E-state index contributed by atoms with van der Waals surface area (Å²) in [7, 11) is 1.24. The van der Waals surface area contributed by atoms with Crippen LogP contribution < -0.4 is 5.32 Å². The summed E-state index contributed by atoms with van der Waals surface area (Å²) in [4.78, 5) is 13.2. The Balaban J connectivity index is 4.40. The zero-order valence-corrected chi connectivity index (χ0v) is 8.56. The molecule has 0 bridgehead atoms. The first-order valence-corrected chi connectivity index (χ1v) is 4.40. The molecule has 92 valence electrons. The van der Waals surface area contributed by atoms with Crippen molar-refractivity contribution in [2.75, 3.05) is 13.6 Å². The van der Waals surface area contributed by atoms with Gasteiger partial charge in [0.1, 0.15) is 12.2 Å². The minimum absolute atomic E-state index is 0.477. The second kappa shape index (κ2) is 6.99. The van der Waals surface area contributed by atoms with Crippen LogP contribution in [-0.2, 0) is 4.79 Å². The van der Waals surface area contributed by atoms with E-state index < -0.39 is 36.9 Å². The van der Waals surface area contributed by atoms with Gasteiger partial charge < -0.3 is 25.7 Å². The lowest BCUT2D eigenvalue weighted by atomic mass is 10.0. The molecule has 0 aromatic heterocycles. The van der Waals surface area contributed by atoms with E-state index in [0.29, 0.717) is 0 Å². The lowest BCUT2D eigenvalue weighted by Crippen LogP contribution is -2.50. The number of amides is 1. The molecule has 16 heavy (non-hydrogen) atoms. The predicted octanol–water partition coefficient (Wildman–Crippen LogP) is -2.51. The Hall–Kier alpha value is -1.38. The van der Waals surface area contributed by atoms with E-state index in [4.69, 9.17) is 5.53 Å². The molecule has 0 saturated carbocycles. The molecular weight excluding hydrogens is 220 g/mol. The van der Waals surface area contributed by atoms with Crippen molar-refractivity contribution in [3.63, 3.8) is 0 Å². The number of likely N-dealkylation sites (N-methyl/N-ethyl adjacent to an activating group) is 1. The van der Waals surface area contributed by atoms with E-state index in [2.05, 4.69) is 15.3 Å². The summed E-state index contributed by atoms with van der Waals surface area (Å²) in [5, 5.41) is 42.0. The number of nitrogens with one attached hydrogen (secondary N) is 1. The van der Waals surface area contributed by atoms with Crippen LogP contribution in [0.5, 0.6) is 0 Å². The van der Waals surface area contributed by atoms with Gasteiger partial charge in [-0.15, -0.1) is 0 Å². The van der Waals surface area contributed by atoms with Gasteiger partial charge in [0.2, 0.25) is 0 Å². The summed E-state index contributed by atoms with van der Waals surface area (Å²) < 4.78 is 0. The van der Waals surface area contributed by atoms with Crippen LogP contribution in [0.3, 0.4) is 0 Å². The first kappa shape index (κ1) is 14.6. The van der Waals surface area contributed by atoms with Gasteiger partial charge in [0.05, 0.1) is 12.6 Å². The average Bonchev–Trinajstić information content (AvgIpc) is 2.31. The van der Waals surface area contributed by atoms with Gasteiger partial charge in [-0.3, -0.25) is 4.79 Å². The molecule has 5 N–H and O–H groups in total. The van der Waals surface area contributed by atoms with Crippen molar-refractivity contribution >= 4 is 5.91 Å². The molecule has 0 spiro atoms. The standard InChI is InChI=1S/C7H14N4O5/c1-9-7(16)6(15)5(14)4(13)3(12)2-10-11-8/h3-6,12-15H,2H2,1H3,(H,9,16)/t3-,4-,5+,6-/m1/s1. The van der Waals surface area contributed by atoms with Gasteiger partial charge in [-0.05, 0) is 5.53 Å². The summed E-state index contributed by atoms with van der Waals surface area (Å²) in [6.07, 6.45) is -7.10. The SMILES string of the molecule is CNC(=O)[C@H](O)[C@@H](O)[C@H](O)[C@H](O)CN=[N+]=[N-]. The summed E-state index contributed by atoms with van der Waals surface area (Å²) in [5.41, 5.74) is 7.96. The summed E-state index contributed by atoms with van der Waals surface area (Å²) in [5.74, 6) is -0.900. The second-order valence-corrected chi connectivity index (χ2v) is 3.02. The molecule has 0 aliphatic heterocycles. The Morgan fingerprint density at radius 3 is 2.38 bits per heavy atom. The van der Waals surface area contributed by atoms with E-state index >= 15 is 0 Å². The third kappa shape index (κ3) is 4.01. The Bertz CT molecular complexity index is 280. The molecule has 0 unspecified atom stereocenters. The molecule has 0 heterocycles. The zero-order chi connectivity index (χ0) is 12.7. The molecular formula is C7H14N4O5. The van der Waals surface area contributed by atoms with Crippen molar-refractivity contribution in [3.05, 3.63) is 10.4 Å². The molecule has 4 atom stereocenters. The summed E-state index contributed by atoms with van der Waals surface area (Å²) in [6.45, 7) is -0.477. The maximum atomic E-state index is 10.9. The molecule has 0 aromatic carbocycles. The van der Waals surface area contributed by atoms with E-state index in [1.807, 2.05) is 0 Å². The summed E-state index contributed by atoms with van der Waals surface area (Å²) >= 11 is 0. The molecule has 0 rings (SSSR count). The molecule has 9 nitrogen and oxygen atoms in total. The van der Waals surface area contributed by atoms with E-state index in [-0.39, 0.29) is 0 Å². The second-order valence-electron chi connectivity index (χ2n) is 3.02. The number of carbonyl (C=O) groups excluding carboxylic acids is 1. The number of rotatable bonds is 6. The third-order valence-corrected chi connectivity index (χ3v) is 1.91. The minimum Gasteiger partial charge on any atom is -0.390 e. The highest BCUT2D eigenvalue weighted by Gasteiger charge is 2.33. The smallest absolute Gasteiger partial charge is 0.251 e. The van der Waals surface area contributed by atoms with Crippen LogP contribution in [0.15, 0.2) is 5.11 Å². The van der Waals surface area contributed by atoms with Crippen LogP contribution in [0.4, 0.5) is 0 Å². The molecule has 0 aliphatic rings. The Morgan fingerprint density at radius 2 is 1.94 bits per heavy atom. The number of carbonyl (C=O) groups is 1. The number of aliphatic hydroxyl groups is 4. The van der Waals surface area contributed by atoms with Gasteiger partial charge in [0.25, 0.3) is 5.91 Å². The highest BCUT2D eigenvalue weighted by Crippen LogP contribution is 2.06. The lowest BCUT2D eigenvalue weighted by molar-refractivity contribution is -0.145. The summed E-state index contributed by atoms with van der Waals surface area (Å²) in [6, 6.07) is 0. The Kier molecular flexibility index (Phi) is 6.38. The van der Waals surface area contributed by atoms with Crippen LogP contribution in [-0.4, -0.2) is 64.3 Å². The number of hydrogen-bond acceptors (Lipinski definition) is 6. The first-order chi connectivity index (χ1) is 7.45. The number of azide groups is 1. The number of aliphatic hydroxyl groups excluding tert-OH is 4. The first-order valence-electron chi connectivity index (χ1n) is 4.40. The third-order valence-electron chi connectivity index (χ3n) is 1.91. The van der Waals surface area contributed by atoms with Crippen LogP contribution in [0, 0.1) is 0 Å². The number of nitrogens with zero attached hydrogens (tertiary/aromatic N) is 3. The average molecular weight is 234 g/mol. The molecule has 0 saturated heterocycles. The normalized spacial score (nSPS) is 17.8. The fourth-order valence-corrected chi connectivity index (χ4v) is 0.946. The predicted molar refractivity (Wildman–Crippen MR) is 52.1 cm³/mol. The fourth-order valence-electron chi connectivity index (χ4n) is 0.946. The Morgan fingerprint density at radius 1 is 1.38 bits per heavy atom. The topological polar surface area (TPSA) is 159 Å². The molecule has 0 aliphatic carbocycles. The van der Waals surface area contributed by atoms with Crippen molar-refractivity contribution < 1.29 is 25.2 Å². The largest absolute Gasteiger partial charge is 0.390 e. The highest BCUT2D eigenvalue weighted by molar-refractivity contribution is 5.80. The van der Waals surface area contributed by atoms with Crippen molar-refractivity contribution in [2.45, 2.75) is 24.4 Å². The van der Waals surface area contributed by atoms with Gasteiger partial charge in [0, 0.05) is 12.0 Å². The van der Waals surface area contributed by atoms with Crippen molar-refractivity contribution in [1.82, 2.24) is 5.32 Å².